The van der Waals surface area contributed by atoms with Crippen molar-refractivity contribution in [1.82, 2.24) is 0 Å². The van der Waals surface area contributed by atoms with Gasteiger partial charge in [-0.05, 0) is 39.1 Å². The van der Waals surface area contributed by atoms with Crippen LogP contribution in [0.5, 0.6) is 0 Å². The quantitative estimate of drug-likeness (QED) is 0.619. The predicted octanol–water partition coefficient (Wildman–Crippen LogP) is 4.87. The largest absolute Gasteiger partial charge is 0.462 e. The number of thiophene rings is 2. The fourth-order valence-electron chi connectivity index (χ4n) is 2.16. The number of ether oxygens (including phenoxy) is 1. The molecule has 0 saturated carbocycles. The maximum Gasteiger partial charge on any atom is 0.341 e. The Hall–Kier alpha value is -1.92. The van der Waals surface area contributed by atoms with Crippen molar-refractivity contribution in [2.75, 3.05) is 11.9 Å². The van der Waals surface area contributed by atoms with Crippen LogP contribution in [-0.4, -0.2) is 18.5 Å². The summed E-state index contributed by atoms with van der Waals surface area (Å²) in [6.07, 6.45) is 1.51. The Balaban J connectivity index is 2.50. The van der Waals surface area contributed by atoms with Gasteiger partial charge in [0.1, 0.15) is 10.6 Å². The number of nitrogens with one attached hydrogen (secondary N) is 1. The standard InChI is InChI=1S/C17H19NO3S2/c1-5-21-17(20)15-14(12-7-6-8-22-12)11(4)23-16(15)18-13(19)9-10(2)3/h6-9H,5H2,1-4H3,(H,18,19). The van der Waals surface area contributed by atoms with Crippen molar-refractivity contribution in [3.05, 3.63) is 39.6 Å². The smallest absolute Gasteiger partial charge is 0.341 e. The van der Waals surface area contributed by atoms with Crippen molar-refractivity contribution in [1.29, 1.82) is 0 Å². The van der Waals surface area contributed by atoms with Gasteiger partial charge in [0.25, 0.3) is 0 Å². The second kappa shape index (κ2) is 7.57. The van der Waals surface area contributed by atoms with Gasteiger partial charge >= 0.3 is 5.97 Å². The van der Waals surface area contributed by atoms with E-state index >= 15 is 0 Å². The van der Waals surface area contributed by atoms with Gasteiger partial charge in [-0.15, -0.1) is 22.7 Å². The van der Waals surface area contributed by atoms with E-state index in [1.54, 1.807) is 18.3 Å². The summed E-state index contributed by atoms with van der Waals surface area (Å²) >= 11 is 2.95. The Kier molecular flexibility index (Phi) is 5.74. The molecule has 2 heterocycles. The first-order valence-electron chi connectivity index (χ1n) is 7.24. The van der Waals surface area contributed by atoms with Gasteiger partial charge in [0, 0.05) is 21.4 Å². The SMILES string of the molecule is CCOC(=O)c1c(NC(=O)C=C(C)C)sc(C)c1-c1cccs1. The minimum absolute atomic E-state index is 0.241. The van der Waals surface area contributed by atoms with E-state index in [1.807, 2.05) is 38.3 Å². The number of esters is 1. The van der Waals surface area contributed by atoms with Crippen LogP contribution in [0.15, 0.2) is 29.2 Å². The topological polar surface area (TPSA) is 55.4 Å². The van der Waals surface area contributed by atoms with Crippen LogP contribution in [0.4, 0.5) is 5.00 Å². The summed E-state index contributed by atoms with van der Waals surface area (Å²) in [7, 11) is 0. The minimum atomic E-state index is -0.409. The molecule has 0 aliphatic heterocycles. The van der Waals surface area contributed by atoms with E-state index in [1.165, 1.54) is 17.4 Å². The number of carbonyl (C=O) groups is 2. The van der Waals surface area contributed by atoms with Crippen molar-refractivity contribution in [3.8, 4) is 10.4 Å². The lowest BCUT2D eigenvalue weighted by Gasteiger charge is -2.07. The molecule has 0 bridgehead atoms. The first-order valence-corrected chi connectivity index (χ1v) is 8.94. The van der Waals surface area contributed by atoms with Gasteiger partial charge in [-0.3, -0.25) is 4.79 Å². The van der Waals surface area contributed by atoms with Crippen LogP contribution < -0.4 is 5.32 Å². The van der Waals surface area contributed by atoms with Crippen LogP contribution in [0.3, 0.4) is 0 Å². The lowest BCUT2D eigenvalue weighted by molar-refractivity contribution is -0.111. The summed E-state index contributed by atoms with van der Waals surface area (Å²) < 4.78 is 5.19. The Morgan fingerprint density at radius 2 is 2.09 bits per heavy atom. The molecule has 0 aliphatic rings. The number of aryl methyl sites for hydroxylation is 1. The third kappa shape index (κ3) is 4.09. The highest BCUT2D eigenvalue weighted by Gasteiger charge is 2.25. The molecule has 0 aromatic carbocycles. The fourth-order valence-corrected chi connectivity index (χ4v) is 4.12. The minimum Gasteiger partial charge on any atom is -0.462 e. The maximum atomic E-state index is 12.4. The summed E-state index contributed by atoms with van der Waals surface area (Å²) in [5.41, 5.74) is 2.18. The number of hydrogen-bond donors (Lipinski definition) is 1. The van der Waals surface area contributed by atoms with E-state index in [2.05, 4.69) is 5.32 Å². The molecular weight excluding hydrogens is 330 g/mol. The summed E-state index contributed by atoms with van der Waals surface area (Å²) in [6, 6.07) is 3.90. The number of allylic oxidation sites excluding steroid dienone is 1. The molecule has 23 heavy (non-hydrogen) atoms. The van der Waals surface area contributed by atoms with Crippen LogP contribution in [0, 0.1) is 6.92 Å². The highest BCUT2D eigenvalue weighted by molar-refractivity contribution is 7.18. The number of hydrogen-bond acceptors (Lipinski definition) is 5. The third-order valence-corrected chi connectivity index (χ3v) is 4.90. The zero-order chi connectivity index (χ0) is 17.0. The normalized spacial score (nSPS) is 10.3. The first kappa shape index (κ1) is 17.4. The molecule has 6 heteroatoms. The van der Waals surface area contributed by atoms with Gasteiger partial charge in [-0.1, -0.05) is 11.6 Å². The van der Waals surface area contributed by atoms with E-state index in [9.17, 15) is 9.59 Å². The van der Waals surface area contributed by atoms with E-state index in [0.29, 0.717) is 17.2 Å². The monoisotopic (exact) mass is 349 g/mol. The number of amides is 1. The molecular formula is C17H19NO3S2. The molecule has 0 radical (unpaired) electrons. The van der Waals surface area contributed by atoms with E-state index in [4.69, 9.17) is 4.74 Å². The molecule has 4 nitrogen and oxygen atoms in total. The van der Waals surface area contributed by atoms with Gasteiger partial charge in [-0.25, -0.2) is 4.79 Å². The highest BCUT2D eigenvalue weighted by Crippen LogP contribution is 2.42. The van der Waals surface area contributed by atoms with E-state index in [-0.39, 0.29) is 5.91 Å². The first-order chi connectivity index (χ1) is 10.9. The summed E-state index contributed by atoms with van der Waals surface area (Å²) in [4.78, 5) is 26.4. The number of carbonyl (C=O) groups excluding carboxylic acids is 2. The molecule has 0 aliphatic carbocycles. The Bertz CT molecular complexity index is 738. The summed E-state index contributed by atoms with van der Waals surface area (Å²) in [5.74, 6) is -0.651. The molecule has 1 N–H and O–H groups in total. The average Bonchev–Trinajstić information content (AvgIpc) is 3.05. The van der Waals surface area contributed by atoms with E-state index < -0.39 is 5.97 Å². The second-order valence-electron chi connectivity index (χ2n) is 5.15. The second-order valence-corrected chi connectivity index (χ2v) is 7.32. The molecule has 2 aromatic rings. The van der Waals surface area contributed by atoms with Gasteiger partial charge in [0.05, 0.1) is 6.61 Å². The van der Waals surface area contributed by atoms with Gasteiger partial charge in [0.2, 0.25) is 5.91 Å². The highest BCUT2D eigenvalue weighted by atomic mass is 32.1. The Morgan fingerprint density at radius 3 is 2.65 bits per heavy atom. The molecule has 0 unspecified atom stereocenters. The van der Waals surface area contributed by atoms with Crippen LogP contribution in [0.2, 0.25) is 0 Å². The molecule has 0 saturated heterocycles. The fraction of sp³-hybridized carbons (Fsp3) is 0.294. The molecule has 0 spiro atoms. The molecule has 122 valence electrons. The average molecular weight is 349 g/mol. The van der Waals surface area contributed by atoms with Crippen molar-refractivity contribution in [2.45, 2.75) is 27.7 Å². The van der Waals surface area contributed by atoms with Crippen LogP contribution >= 0.6 is 22.7 Å². The van der Waals surface area contributed by atoms with Crippen molar-refractivity contribution in [3.63, 3.8) is 0 Å². The number of anilines is 1. The van der Waals surface area contributed by atoms with E-state index in [0.717, 1.165) is 20.9 Å². The lowest BCUT2D eigenvalue weighted by Crippen LogP contribution is -2.12. The van der Waals surface area contributed by atoms with Gasteiger partial charge in [0.15, 0.2) is 0 Å². The van der Waals surface area contributed by atoms with Crippen molar-refractivity contribution < 1.29 is 14.3 Å². The molecule has 0 atom stereocenters. The predicted molar refractivity (Wildman–Crippen MR) is 96.4 cm³/mol. The van der Waals surface area contributed by atoms with Crippen molar-refractivity contribution in [2.24, 2.45) is 0 Å². The molecule has 2 rings (SSSR count). The zero-order valence-corrected chi connectivity index (χ0v) is 15.2. The Labute approximate surface area is 143 Å². The van der Waals surface area contributed by atoms with Gasteiger partial charge in [-0.2, -0.15) is 0 Å². The number of rotatable bonds is 5. The third-order valence-electron chi connectivity index (χ3n) is 2.99. The summed E-state index contributed by atoms with van der Waals surface area (Å²) in [6.45, 7) is 7.70. The molecule has 2 aromatic heterocycles. The van der Waals surface area contributed by atoms with Crippen molar-refractivity contribution >= 4 is 39.6 Å². The van der Waals surface area contributed by atoms with Crippen LogP contribution in [0.25, 0.3) is 10.4 Å². The molecule has 0 fully saturated rings. The zero-order valence-electron chi connectivity index (χ0n) is 13.6. The van der Waals surface area contributed by atoms with Crippen LogP contribution in [0.1, 0.15) is 36.0 Å². The van der Waals surface area contributed by atoms with Gasteiger partial charge < -0.3 is 10.1 Å². The maximum absolute atomic E-state index is 12.4. The lowest BCUT2D eigenvalue weighted by atomic mass is 10.1. The Morgan fingerprint density at radius 1 is 1.35 bits per heavy atom. The molecule has 1 amide bonds. The van der Waals surface area contributed by atoms with Crippen LogP contribution in [-0.2, 0) is 9.53 Å². The summed E-state index contributed by atoms with van der Waals surface area (Å²) in [5, 5.41) is 5.31.